The van der Waals surface area contributed by atoms with Crippen LogP contribution < -0.4 is 5.32 Å². The number of fused-ring (bicyclic) bond motifs is 1. The first-order chi connectivity index (χ1) is 13.7. The summed E-state index contributed by atoms with van der Waals surface area (Å²) in [5.41, 5.74) is -0.691. The van der Waals surface area contributed by atoms with E-state index in [0.717, 1.165) is 16.7 Å². The highest BCUT2D eigenvalue weighted by Crippen LogP contribution is 2.30. The molecule has 1 aliphatic heterocycles. The van der Waals surface area contributed by atoms with Crippen LogP contribution in [-0.4, -0.2) is 44.6 Å². The summed E-state index contributed by atoms with van der Waals surface area (Å²) in [5, 5.41) is 2.56. The smallest absolute Gasteiger partial charge is 0.322 e. The number of alkyl halides is 4. The third kappa shape index (κ3) is 3.84. The predicted octanol–water partition coefficient (Wildman–Crippen LogP) is 4.13. The molecule has 0 aliphatic carbocycles. The van der Waals surface area contributed by atoms with E-state index in [1.807, 2.05) is 0 Å². The van der Waals surface area contributed by atoms with Crippen LogP contribution in [0.25, 0.3) is 17.0 Å². The maximum Gasteiger partial charge on any atom is 0.419 e. The topological polar surface area (TPSA) is 62.5 Å². The molecule has 0 radical (unpaired) electrons. The van der Waals surface area contributed by atoms with Gasteiger partial charge in [0.1, 0.15) is 12.0 Å². The van der Waals surface area contributed by atoms with Gasteiger partial charge in [0.05, 0.1) is 17.8 Å². The second-order valence-corrected chi connectivity index (χ2v) is 6.63. The number of imidazole rings is 1. The molecular weight excluding hydrogens is 397 g/mol. The average Bonchev–Trinajstić information content (AvgIpc) is 3.28. The van der Waals surface area contributed by atoms with Crippen LogP contribution in [0, 0.1) is 5.82 Å². The average molecular weight is 411 g/mol. The summed E-state index contributed by atoms with van der Waals surface area (Å²) in [6.07, 6.45) is -2.71. The number of nitrogens with one attached hydrogen (secondary N) is 1. The zero-order valence-electron chi connectivity index (χ0n) is 14.7. The fourth-order valence-corrected chi connectivity index (χ4v) is 3.06. The summed E-state index contributed by atoms with van der Waals surface area (Å²) in [5.74, 6) is -0.708. The van der Waals surface area contributed by atoms with Crippen LogP contribution in [0.5, 0.6) is 0 Å². The number of hydrogen-bond acceptors (Lipinski definition) is 3. The van der Waals surface area contributed by atoms with Gasteiger partial charge in [0, 0.05) is 36.4 Å². The van der Waals surface area contributed by atoms with E-state index in [2.05, 4.69) is 15.3 Å². The van der Waals surface area contributed by atoms with Gasteiger partial charge in [0.25, 0.3) is 0 Å². The van der Waals surface area contributed by atoms with Gasteiger partial charge in [0.2, 0.25) is 5.78 Å². The predicted molar refractivity (Wildman–Crippen MR) is 93.5 cm³/mol. The second-order valence-electron chi connectivity index (χ2n) is 6.63. The lowest BCUT2D eigenvalue weighted by Gasteiger charge is -2.16. The Balaban J connectivity index is 1.63. The Labute approximate surface area is 161 Å². The SMILES string of the molecule is O=C(Nc1ccc(F)c(-c2cn3cc(C(F)(F)F)cnc3n2)c1)N1CC[C@H](F)C1. The van der Waals surface area contributed by atoms with E-state index in [4.69, 9.17) is 0 Å². The molecule has 0 unspecified atom stereocenters. The summed E-state index contributed by atoms with van der Waals surface area (Å²) >= 11 is 0. The maximum absolute atomic E-state index is 14.3. The van der Waals surface area contributed by atoms with Crippen LogP contribution in [-0.2, 0) is 6.18 Å². The Hall–Kier alpha value is -3.24. The van der Waals surface area contributed by atoms with Gasteiger partial charge in [-0.05, 0) is 24.6 Å². The van der Waals surface area contributed by atoms with Crippen molar-refractivity contribution < 1.29 is 26.7 Å². The van der Waals surface area contributed by atoms with Crippen LogP contribution in [0.2, 0.25) is 0 Å². The van der Waals surface area contributed by atoms with Gasteiger partial charge in [-0.25, -0.2) is 23.5 Å². The van der Waals surface area contributed by atoms with Gasteiger partial charge in [-0.15, -0.1) is 0 Å². The monoisotopic (exact) mass is 411 g/mol. The molecule has 152 valence electrons. The standard InChI is InChI=1S/C18H14F5N5O/c19-11-3-4-27(8-11)17(29)25-12-1-2-14(20)13(5-12)15-9-28-7-10(18(21,22)23)6-24-16(28)26-15/h1-2,5-7,9,11H,3-4,8H2,(H,25,29)/t11-/m0/s1. The number of nitrogens with zero attached hydrogens (tertiary/aromatic N) is 4. The number of amides is 2. The van der Waals surface area contributed by atoms with Crippen LogP contribution >= 0.6 is 0 Å². The molecule has 1 aromatic carbocycles. The van der Waals surface area contributed by atoms with E-state index in [1.165, 1.54) is 23.2 Å². The Morgan fingerprint density at radius 3 is 2.72 bits per heavy atom. The molecular formula is C18H14F5N5O. The van der Waals surface area contributed by atoms with E-state index in [9.17, 15) is 26.7 Å². The van der Waals surface area contributed by atoms with E-state index in [1.54, 1.807) is 0 Å². The Kier molecular flexibility index (Phi) is 4.59. The summed E-state index contributed by atoms with van der Waals surface area (Å²) in [4.78, 5) is 21.2. The Morgan fingerprint density at radius 2 is 2.03 bits per heavy atom. The number of likely N-dealkylation sites (tertiary alicyclic amines) is 1. The fourth-order valence-electron chi connectivity index (χ4n) is 3.06. The molecule has 6 nitrogen and oxygen atoms in total. The molecule has 0 spiro atoms. The van der Waals surface area contributed by atoms with E-state index in [0.29, 0.717) is 6.20 Å². The third-order valence-electron chi connectivity index (χ3n) is 4.55. The molecule has 1 saturated heterocycles. The van der Waals surface area contributed by atoms with Gasteiger partial charge >= 0.3 is 12.2 Å². The molecule has 1 N–H and O–H groups in total. The first-order valence-electron chi connectivity index (χ1n) is 8.62. The quantitative estimate of drug-likeness (QED) is 0.645. The van der Waals surface area contributed by atoms with Gasteiger partial charge in [0.15, 0.2) is 0 Å². The van der Waals surface area contributed by atoms with Crippen molar-refractivity contribution in [2.24, 2.45) is 0 Å². The van der Waals surface area contributed by atoms with E-state index >= 15 is 0 Å². The highest BCUT2D eigenvalue weighted by atomic mass is 19.4. The molecule has 1 fully saturated rings. The van der Waals surface area contributed by atoms with Crippen molar-refractivity contribution in [2.75, 3.05) is 18.4 Å². The minimum atomic E-state index is -4.57. The van der Waals surface area contributed by atoms with Crippen LogP contribution in [0.4, 0.5) is 32.4 Å². The number of benzene rings is 1. The lowest BCUT2D eigenvalue weighted by atomic mass is 10.1. The van der Waals surface area contributed by atoms with Gasteiger partial charge in [-0.2, -0.15) is 13.2 Å². The minimum Gasteiger partial charge on any atom is -0.322 e. The zero-order valence-corrected chi connectivity index (χ0v) is 14.7. The first-order valence-corrected chi connectivity index (χ1v) is 8.62. The third-order valence-corrected chi connectivity index (χ3v) is 4.55. The Bertz CT molecular complexity index is 1080. The molecule has 2 aromatic heterocycles. The van der Waals surface area contributed by atoms with E-state index in [-0.39, 0.29) is 42.2 Å². The molecule has 0 saturated carbocycles. The number of carbonyl (C=O) groups is 1. The van der Waals surface area contributed by atoms with Gasteiger partial charge < -0.3 is 10.2 Å². The van der Waals surface area contributed by atoms with Crippen molar-refractivity contribution in [3.8, 4) is 11.3 Å². The van der Waals surface area contributed by atoms with Crippen molar-refractivity contribution in [1.29, 1.82) is 0 Å². The lowest BCUT2D eigenvalue weighted by molar-refractivity contribution is -0.138. The number of hydrogen-bond donors (Lipinski definition) is 1. The number of urea groups is 1. The largest absolute Gasteiger partial charge is 0.419 e. The molecule has 29 heavy (non-hydrogen) atoms. The molecule has 11 heteroatoms. The van der Waals surface area contributed by atoms with Gasteiger partial charge in [-0.3, -0.25) is 4.40 Å². The molecule has 2 amide bonds. The van der Waals surface area contributed by atoms with Gasteiger partial charge in [-0.1, -0.05) is 0 Å². The lowest BCUT2D eigenvalue weighted by Crippen LogP contribution is -2.33. The summed E-state index contributed by atoms with van der Waals surface area (Å²) < 4.78 is 67.1. The van der Waals surface area contributed by atoms with Crippen molar-refractivity contribution in [3.63, 3.8) is 0 Å². The first kappa shape index (κ1) is 19.1. The number of carbonyl (C=O) groups excluding carboxylic acids is 1. The van der Waals surface area contributed by atoms with Crippen molar-refractivity contribution in [2.45, 2.75) is 18.8 Å². The summed E-state index contributed by atoms with van der Waals surface area (Å²) in [6, 6.07) is 3.22. The minimum absolute atomic E-state index is 0.0144. The zero-order chi connectivity index (χ0) is 20.8. The summed E-state index contributed by atoms with van der Waals surface area (Å²) in [7, 11) is 0. The number of anilines is 1. The molecule has 4 rings (SSSR count). The highest BCUT2D eigenvalue weighted by Gasteiger charge is 2.31. The number of rotatable bonds is 2. The molecule has 1 atom stereocenters. The highest BCUT2D eigenvalue weighted by molar-refractivity contribution is 5.90. The molecule has 3 aromatic rings. The summed E-state index contributed by atoms with van der Waals surface area (Å²) in [6.45, 7) is 0.264. The number of aromatic nitrogens is 3. The van der Waals surface area contributed by atoms with Crippen LogP contribution in [0.15, 0.2) is 36.8 Å². The van der Waals surface area contributed by atoms with Crippen molar-refractivity contribution >= 4 is 17.5 Å². The van der Waals surface area contributed by atoms with E-state index < -0.39 is 29.8 Å². The molecule has 1 aliphatic rings. The maximum atomic E-state index is 14.3. The molecule has 0 bridgehead atoms. The second kappa shape index (κ2) is 6.98. The van der Waals surface area contributed by atoms with Crippen molar-refractivity contribution in [1.82, 2.24) is 19.3 Å². The Morgan fingerprint density at radius 1 is 1.24 bits per heavy atom. The van der Waals surface area contributed by atoms with Crippen LogP contribution in [0.1, 0.15) is 12.0 Å². The number of halogens is 5. The normalized spacial score (nSPS) is 17.1. The molecule has 3 heterocycles. The fraction of sp³-hybridized carbons (Fsp3) is 0.278. The van der Waals surface area contributed by atoms with Crippen molar-refractivity contribution in [3.05, 3.63) is 48.2 Å². The van der Waals surface area contributed by atoms with Crippen LogP contribution in [0.3, 0.4) is 0 Å².